The number of hydrogen-bond acceptors (Lipinski definition) is 8. The summed E-state index contributed by atoms with van der Waals surface area (Å²) < 4.78 is 27.6. The van der Waals surface area contributed by atoms with E-state index in [2.05, 4.69) is 9.88 Å². The summed E-state index contributed by atoms with van der Waals surface area (Å²) in [6.45, 7) is 9.95. The molecule has 3 heterocycles. The molecule has 1 aliphatic rings. The summed E-state index contributed by atoms with van der Waals surface area (Å²) in [7, 11) is 0. The molecule has 10 nitrogen and oxygen atoms in total. The van der Waals surface area contributed by atoms with E-state index in [1.165, 1.54) is 6.07 Å². The van der Waals surface area contributed by atoms with E-state index in [1.54, 1.807) is 74.6 Å². The molecule has 1 fully saturated rings. The second kappa shape index (κ2) is 15.2. The first-order valence-electron chi connectivity index (χ1n) is 16.1. The molecule has 2 aromatic carbocycles. The zero-order chi connectivity index (χ0) is 34.4. The number of carbonyl (C=O) groups excluding carboxylic acids is 2. The quantitative estimate of drug-likeness (QED) is 0.139. The lowest BCUT2D eigenvalue weighted by Crippen LogP contribution is -2.43. The van der Waals surface area contributed by atoms with Gasteiger partial charge < -0.3 is 24.7 Å². The molecule has 0 unspecified atom stereocenters. The summed E-state index contributed by atoms with van der Waals surface area (Å²) in [6.07, 6.45) is 5.07. The molecule has 2 aromatic heterocycles. The lowest BCUT2D eigenvalue weighted by molar-refractivity contribution is -0.120. The highest BCUT2D eigenvalue weighted by Gasteiger charge is 2.28. The maximum absolute atomic E-state index is 14.2. The molecular formula is C36H42ClFN6O4. The van der Waals surface area contributed by atoms with Gasteiger partial charge in [-0.2, -0.15) is 0 Å². The van der Waals surface area contributed by atoms with E-state index in [0.29, 0.717) is 53.0 Å². The van der Waals surface area contributed by atoms with Crippen LogP contribution in [0.15, 0.2) is 67.1 Å². The number of likely N-dealkylation sites (tertiary alicyclic amines) is 1. The van der Waals surface area contributed by atoms with Gasteiger partial charge in [0.05, 0.1) is 42.0 Å². The van der Waals surface area contributed by atoms with Crippen LogP contribution in [-0.4, -0.2) is 56.5 Å². The molecular weight excluding hydrogens is 635 g/mol. The summed E-state index contributed by atoms with van der Waals surface area (Å²) in [5.41, 5.74) is 9.04. The van der Waals surface area contributed by atoms with Crippen molar-refractivity contribution in [3.05, 3.63) is 100 Å². The number of ether oxygens (including phenoxy) is 2. The van der Waals surface area contributed by atoms with E-state index in [9.17, 15) is 14.0 Å². The fraction of sp³-hybridized carbons (Fsp3) is 0.389. The second-order valence-electron chi connectivity index (χ2n) is 12.9. The van der Waals surface area contributed by atoms with Crippen LogP contribution in [0.3, 0.4) is 0 Å². The van der Waals surface area contributed by atoms with Crippen LogP contribution >= 0.6 is 11.6 Å². The van der Waals surface area contributed by atoms with E-state index in [-0.39, 0.29) is 31.5 Å². The van der Waals surface area contributed by atoms with Gasteiger partial charge in [0, 0.05) is 41.0 Å². The SMILES string of the molecule is CCn1cncc1CN(C(=O)CN1CCC(c2cccc(OCc3ccc(Cl)cc3F)n2)CC1)c1cc(C(=O)OC(C)(C)C)ccc1N. The number of hydrogen-bond donors (Lipinski definition) is 1. The van der Waals surface area contributed by atoms with Gasteiger partial charge >= 0.3 is 5.97 Å². The van der Waals surface area contributed by atoms with Crippen molar-refractivity contribution in [1.82, 2.24) is 19.4 Å². The number of aryl methyl sites for hydroxylation is 1. The van der Waals surface area contributed by atoms with Crippen LogP contribution in [-0.2, 0) is 29.2 Å². The zero-order valence-electron chi connectivity index (χ0n) is 27.8. The molecule has 5 rings (SSSR count). The Morgan fingerprint density at radius 2 is 1.88 bits per heavy atom. The minimum Gasteiger partial charge on any atom is -0.473 e. The smallest absolute Gasteiger partial charge is 0.338 e. The van der Waals surface area contributed by atoms with Crippen molar-refractivity contribution in [2.75, 3.05) is 30.3 Å². The van der Waals surface area contributed by atoms with E-state index >= 15 is 0 Å². The Hall–Kier alpha value is -4.48. The Morgan fingerprint density at radius 3 is 2.58 bits per heavy atom. The number of nitrogens with zero attached hydrogens (tertiary/aromatic N) is 5. The molecule has 12 heteroatoms. The third-order valence-electron chi connectivity index (χ3n) is 8.22. The van der Waals surface area contributed by atoms with Crippen molar-refractivity contribution in [1.29, 1.82) is 0 Å². The number of carbonyl (C=O) groups is 2. The standard InChI is InChI=1S/C36H42ClFN6O4/c1-5-43-23-40-19-28(43)20-44(32-17-25(10-12-30(32)39)35(46)48-36(2,3)4)34(45)21-42-15-13-24(14-16-42)31-7-6-8-33(41-31)47-22-26-9-11-27(37)18-29(26)38/h6-12,17-19,23-24H,5,13-16,20-22,39H2,1-4H3. The average Bonchev–Trinajstić information content (AvgIpc) is 3.50. The Balaban J connectivity index is 1.26. The molecule has 0 aliphatic carbocycles. The van der Waals surface area contributed by atoms with Gasteiger partial charge in [-0.3, -0.25) is 9.69 Å². The summed E-state index contributed by atoms with van der Waals surface area (Å²) in [5.74, 6) is -0.449. The lowest BCUT2D eigenvalue weighted by Gasteiger charge is -2.33. The van der Waals surface area contributed by atoms with Crippen molar-refractivity contribution < 1.29 is 23.5 Å². The van der Waals surface area contributed by atoms with Crippen LogP contribution < -0.4 is 15.4 Å². The fourth-order valence-corrected chi connectivity index (χ4v) is 5.83. The van der Waals surface area contributed by atoms with Gasteiger partial charge in [0.1, 0.15) is 18.0 Å². The van der Waals surface area contributed by atoms with Crippen LogP contribution in [0.25, 0.3) is 0 Å². The topological polar surface area (TPSA) is 116 Å². The summed E-state index contributed by atoms with van der Waals surface area (Å²) in [4.78, 5) is 39.7. The number of halogens is 2. The van der Waals surface area contributed by atoms with Crippen molar-refractivity contribution in [3.63, 3.8) is 0 Å². The second-order valence-corrected chi connectivity index (χ2v) is 13.3. The molecule has 1 aliphatic heterocycles. The van der Waals surface area contributed by atoms with Crippen molar-refractivity contribution in [2.24, 2.45) is 0 Å². The maximum atomic E-state index is 14.2. The number of benzene rings is 2. The van der Waals surface area contributed by atoms with E-state index in [0.717, 1.165) is 24.2 Å². The first-order valence-corrected chi connectivity index (χ1v) is 16.5. The lowest BCUT2D eigenvalue weighted by atomic mass is 9.93. The molecule has 254 valence electrons. The number of anilines is 2. The predicted molar refractivity (Wildman–Crippen MR) is 184 cm³/mol. The number of esters is 1. The van der Waals surface area contributed by atoms with Crippen LogP contribution in [0.5, 0.6) is 5.88 Å². The van der Waals surface area contributed by atoms with Crippen LogP contribution in [0.4, 0.5) is 15.8 Å². The van der Waals surface area contributed by atoms with Gasteiger partial charge in [-0.1, -0.05) is 23.7 Å². The van der Waals surface area contributed by atoms with E-state index < -0.39 is 17.4 Å². The summed E-state index contributed by atoms with van der Waals surface area (Å²) in [6, 6.07) is 15.0. The predicted octanol–water partition coefficient (Wildman–Crippen LogP) is 6.62. The number of piperidine rings is 1. The van der Waals surface area contributed by atoms with Gasteiger partial charge in [-0.15, -0.1) is 0 Å². The van der Waals surface area contributed by atoms with Crippen LogP contribution in [0.2, 0.25) is 5.02 Å². The molecule has 0 atom stereocenters. The average molecular weight is 677 g/mol. The molecule has 0 saturated carbocycles. The maximum Gasteiger partial charge on any atom is 0.338 e. The Morgan fingerprint density at radius 1 is 1.10 bits per heavy atom. The number of imidazole rings is 1. The highest BCUT2D eigenvalue weighted by Crippen LogP contribution is 2.31. The first kappa shape index (κ1) is 34.8. The van der Waals surface area contributed by atoms with Crippen molar-refractivity contribution in [3.8, 4) is 5.88 Å². The van der Waals surface area contributed by atoms with Gasteiger partial charge in [0.2, 0.25) is 11.8 Å². The molecule has 0 radical (unpaired) electrons. The number of pyridine rings is 1. The Labute approximate surface area is 285 Å². The first-order chi connectivity index (χ1) is 22.9. The Bertz CT molecular complexity index is 1750. The number of nitrogens with two attached hydrogens (primary N) is 1. The number of rotatable bonds is 11. The van der Waals surface area contributed by atoms with Crippen LogP contribution in [0, 0.1) is 5.82 Å². The van der Waals surface area contributed by atoms with Gasteiger partial charge in [-0.25, -0.2) is 19.2 Å². The van der Waals surface area contributed by atoms with Crippen LogP contribution in [0.1, 0.15) is 73.8 Å². The summed E-state index contributed by atoms with van der Waals surface area (Å²) >= 11 is 5.86. The zero-order valence-corrected chi connectivity index (χ0v) is 28.5. The Kier molecular flexibility index (Phi) is 11.0. The van der Waals surface area contributed by atoms with Crippen molar-refractivity contribution >= 4 is 34.9 Å². The number of aromatic nitrogens is 3. The normalized spacial score (nSPS) is 14.1. The molecule has 2 N–H and O–H groups in total. The van der Waals surface area contributed by atoms with E-state index in [4.69, 9.17) is 31.8 Å². The van der Waals surface area contributed by atoms with Gasteiger partial charge in [-0.05, 0) is 90.0 Å². The third kappa shape index (κ3) is 8.90. The molecule has 0 spiro atoms. The van der Waals surface area contributed by atoms with E-state index in [1.807, 2.05) is 23.6 Å². The minimum atomic E-state index is -0.672. The largest absolute Gasteiger partial charge is 0.473 e. The fourth-order valence-electron chi connectivity index (χ4n) is 5.67. The van der Waals surface area contributed by atoms with Gasteiger partial charge in [0.15, 0.2) is 0 Å². The monoisotopic (exact) mass is 676 g/mol. The highest BCUT2D eigenvalue weighted by molar-refractivity contribution is 6.30. The highest BCUT2D eigenvalue weighted by atomic mass is 35.5. The third-order valence-corrected chi connectivity index (χ3v) is 8.45. The summed E-state index contributed by atoms with van der Waals surface area (Å²) in [5, 5.41) is 0.331. The number of nitrogen functional groups attached to an aromatic ring is 1. The molecule has 1 amide bonds. The molecule has 0 bridgehead atoms. The van der Waals surface area contributed by atoms with Crippen molar-refractivity contribution in [2.45, 2.75) is 71.8 Å². The van der Waals surface area contributed by atoms with Gasteiger partial charge in [0.25, 0.3) is 0 Å². The minimum absolute atomic E-state index is 0.0424. The molecule has 1 saturated heterocycles. The molecule has 48 heavy (non-hydrogen) atoms. The molecule has 4 aromatic rings. The number of amides is 1.